The van der Waals surface area contributed by atoms with Gasteiger partial charge in [0.15, 0.2) is 4.90 Å². The summed E-state index contributed by atoms with van der Waals surface area (Å²) in [5, 5.41) is 21.9. The van der Waals surface area contributed by atoms with E-state index in [0.717, 1.165) is 12.1 Å². The third-order valence-corrected chi connectivity index (χ3v) is 4.98. The average Bonchev–Trinajstić information content (AvgIpc) is 3.17. The number of carboxylic acid groups (broad SMARTS) is 1. The van der Waals surface area contributed by atoms with Crippen molar-refractivity contribution in [2.45, 2.75) is 29.7 Å². The zero-order valence-corrected chi connectivity index (χ0v) is 12.3. The van der Waals surface area contributed by atoms with Gasteiger partial charge in [0.05, 0.1) is 4.92 Å². The van der Waals surface area contributed by atoms with Gasteiger partial charge in [-0.25, -0.2) is 17.9 Å². The second-order valence-corrected chi connectivity index (χ2v) is 6.82. The normalized spacial score (nSPS) is 16.0. The van der Waals surface area contributed by atoms with Crippen molar-refractivity contribution < 1.29 is 23.2 Å². The van der Waals surface area contributed by atoms with Crippen molar-refractivity contribution in [3.05, 3.63) is 34.4 Å². The van der Waals surface area contributed by atoms with Gasteiger partial charge in [-0.1, -0.05) is 12.1 Å². The van der Waals surface area contributed by atoms with Crippen LogP contribution >= 0.6 is 0 Å². The molecule has 22 heavy (non-hydrogen) atoms. The quantitative estimate of drug-likeness (QED) is 0.505. The smallest absolute Gasteiger partial charge is 0.405 e. The van der Waals surface area contributed by atoms with Crippen molar-refractivity contribution in [1.29, 1.82) is 0 Å². The number of nitro benzene ring substituents is 1. The summed E-state index contributed by atoms with van der Waals surface area (Å²) < 4.78 is 26.5. The summed E-state index contributed by atoms with van der Waals surface area (Å²) >= 11 is 0. The summed E-state index contributed by atoms with van der Waals surface area (Å²) in [6.45, 7) is -0.00530. The van der Waals surface area contributed by atoms with E-state index >= 15 is 0 Å². The lowest BCUT2D eigenvalue weighted by Gasteiger charge is -2.15. The molecule has 1 aromatic rings. The molecule has 1 aromatic carbocycles. The fraction of sp³-hybridized carbons (Fsp3) is 0.417. The molecule has 0 bridgehead atoms. The first kappa shape index (κ1) is 16.2. The molecule has 1 aliphatic rings. The van der Waals surface area contributed by atoms with E-state index in [1.807, 2.05) is 0 Å². The zero-order valence-electron chi connectivity index (χ0n) is 11.5. The Labute approximate surface area is 126 Å². The van der Waals surface area contributed by atoms with Crippen LogP contribution < -0.4 is 10.0 Å². The minimum absolute atomic E-state index is 0.00530. The molecule has 1 amide bonds. The highest BCUT2D eigenvalue weighted by Gasteiger charge is 2.43. The molecule has 9 nitrogen and oxygen atoms in total. The molecule has 3 N–H and O–H groups in total. The van der Waals surface area contributed by atoms with Gasteiger partial charge in [-0.15, -0.1) is 0 Å². The molecule has 0 atom stereocenters. The average molecular weight is 329 g/mol. The van der Waals surface area contributed by atoms with Crippen LogP contribution in [0, 0.1) is 10.1 Å². The van der Waals surface area contributed by atoms with E-state index in [9.17, 15) is 23.3 Å². The van der Waals surface area contributed by atoms with Gasteiger partial charge in [0, 0.05) is 18.2 Å². The van der Waals surface area contributed by atoms with Crippen LogP contribution in [-0.4, -0.2) is 36.6 Å². The number of sulfonamides is 1. The molecule has 1 aliphatic carbocycles. The topological polar surface area (TPSA) is 139 Å². The molecular weight excluding hydrogens is 314 g/mol. The van der Waals surface area contributed by atoms with Crippen molar-refractivity contribution in [3.8, 4) is 0 Å². The molecule has 0 aliphatic heterocycles. The fourth-order valence-corrected chi connectivity index (χ4v) is 3.35. The van der Waals surface area contributed by atoms with Crippen molar-refractivity contribution in [1.82, 2.24) is 10.0 Å². The molecule has 1 fully saturated rings. The summed E-state index contributed by atoms with van der Waals surface area (Å²) in [6.07, 6.45) is 0.428. The summed E-state index contributed by atoms with van der Waals surface area (Å²) in [6, 6.07) is 5.05. The van der Waals surface area contributed by atoms with Crippen LogP contribution in [0.15, 0.2) is 29.2 Å². The van der Waals surface area contributed by atoms with Crippen LogP contribution in [0.3, 0.4) is 0 Å². The second kappa shape index (κ2) is 5.89. The highest BCUT2D eigenvalue weighted by atomic mass is 32.2. The number of nitro groups is 1. The van der Waals surface area contributed by atoms with Gasteiger partial charge in [-0.05, 0) is 25.3 Å². The van der Waals surface area contributed by atoms with Crippen LogP contribution in [0.5, 0.6) is 0 Å². The molecule has 0 radical (unpaired) electrons. The first-order valence-electron chi connectivity index (χ1n) is 6.50. The van der Waals surface area contributed by atoms with E-state index in [1.54, 1.807) is 0 Å². The maximum Gasteiger partial charge on any atom is 0.405 e. The van der Waals surface area contributed by atoms with Crippen LogP contribution in [0.1, 0.15) is 19.3 Å². The van der Waals surface area contributed by atoms with E-state index in [0.29, 0.717) is 19.3 Å². The molecule has 0 unspecified atom stereocenters. The Morgan fingerprint density at radius 2 is 2.00 bits per heavy atom. The number of benzene rings is 1. The molecule has 0 saturated heterocycles. The molecule has 2 rings (SSSR count). The number of para-hydroxylation sites is 1. The third kappa shape index (κ3) is 3.71. The largest absolute Gasteiger partial charge is 0.465 e. The number of nitrogens with one attached hydrogen (secondary N) is 2. The van der Waals surface area contributed by atoms with E-state index in [4.69, 9.17) is 5.11 Å². The lowest BCUT2D eigenvalue weighted by Crippen LogP contribution is -2.39. The highest BCUT2D eigenvalue weighted by Crippen LogP contribution is 2.38. The molecule has 1 saturated carbocycles. The van der Waals surface area contributed by atoms with Gasteiger partial charge in [-0.3, -0.25) is 10.1 Å². The predicted molar refractivity (Wildman–Crippen MR) is 76.0 cm³/mol. The second-order valence-electron chi connectivity index (χ2n) is 5.08. The van der Waals surface area contributed by atoms with E-state index in [-0.39, 0.29) is 6.54 Å². The number of hydrogen-bond acceptors (Lipinski definition) is 5. The number of hydrogen-bond donors (Lipinski definition) is 3. The van der Waals surface area contributed by atoms with Gasteiger partial charge in [-0.2, -0.15) is 0 Å². The first-order chi connectivity index (χ1) is 10.3. The molecule has 0 heterocycles. The van der Waals surface area contributed by atoms with Gasteiger partial charge in [0.2, 0.25) is 10.0 Å². The Morgan fingerprint density at radius 3 is 2.55 bits per heavy atom. The fourth-order valence-electron chi connectivity index (χ4n) is 2.15. The summed E-state index contributed by atoms with van der Waals surface area (Å²) in [4.78, 5) is 20.3. The van der Waals surface area contributed by atoms with Crippen molar-refractivity contribution >= 4 is 21.8 Å². The summed E-state index contributed by atoms with van der Waals surface area (Å²) in [5.74, 6) is 0. The monoisotopic (exact) mass is 329 g/mol. The maximum atomic E-state index is 12.1. The van der Waals surface area contributed by atoms with Gasteiger partial charge < -0.3 is 10.4 Å². The SMILES string of the molecule is O=C(O)NC1(CCNS(=O)(=O)c2ccccc2[N+](=O)[O-])CC1. The molecular formula is C12H15N3O6S. The number of rotatable bonds is 7. The van der Waals surface area contributed by atoms with Crippen molar-refractivity contribution in [2.75, 3.05) is 6.54 Å². The lowest BCUT2D eigenvalue weighted by molar-refractivity contribution is -0.387. The highest BCUT2D eigenvalue weighted by molar-refractivity contribution is 7.89. The summed E-state index contributed by atoms with van der Waals surface area (Å²) in [5.41, 5.74) is -1.09. The lowest BCUT2D eigenvalue weighted by atomic mass is 10.2. The molecule has 120 valence electrons. The van der Waals surface area contributed by atoms with E-state index in [1.165, 1.54) is 12.1 Å². The van der Waals surface area contributed by atoms with E-state index in [2.05, 4.69) is 10.0 Å². The predicted octanol–water partition coefficient (Wildman–Crippen LogP) is 1.06. The van der Waals surface area contributed by atoms with E-state index < -0.39 is 37.2 Å². The van der Waals surface area contributed by atoms with Crippen molar-refractivity contribution in [2.24, 2.45) is 0 Å². The third-order valence-electron chi connectivity index (χ3n) is 3.47. The van der Waals surface area contributed by atoms with Gasteiger partial charge in [0.25, 0.3) is 5.69 Å². The minimum Gasteiger partial charge on any atom is -0.465 e. The first-order valence-corrected chi connectivity index (χ1v) is 7.98. The number of amides is 1. The Hall–Kier alpha value is -2.20. The minimum atomic E-state index is -4.03. The maximum absolute atomic E-state index is 12.1. The molecule has 0 spiro atoms. The van der Waals surface area contributed by atoms with Crippen LogP contribution in [0.4, 0.5) is 10.5 Å². The van der Waals surface area contributed by atoms with Crippen LogP contribution in [0.25, 0.3) is 0 Å². The number of carbonyl (C=O) groups is 1. The van der Waals surface area contributed by atoms with Gasteiger partial charge >= 0.3 is 6.09 Å². The Morgan fingerprint density at radius 1 is 1.36 bits per heavy atom. The number of nitrogens with zero attached hydrogens (tertiary/aromatic N) is 1. The zero-order chi connectivity index (χ0) is 16.4. The Kier molecular flexibility index (Phi) is 4.33. The molecule has 0 aromatic heterocycles. The molecule has 10 heteroatoms. The van der Waals surface area contributed by atoms with Crippen LogP contribution in [0.2, 0.25) is 0 Å². The van der Waals surface area contributed by atoms with Crippen LogP contribution in [-0.2, 0) is 10.0 Å². The van der Waals surface area contributed by atoms with Crippen molar-refractivity contribution in [3.63, 3.8) is 0 Å². The summed E-state index contributed by atoms with van der Waals surface area (Å²) in [7, 11) is -4.03. The Bertz CT molecular complexity index is 699. The standard InChI is InChI=1S/C12H15N3O6S/c16-11(17)14-12(5-6-12)7-8-13-22(20,21)10-4-2-1-3-9(10)15(18)19/h1-4,13-14H,5-8H2,(H,16,17). The Balaban J connectivity index is 2.04. The van der Waals surface area contributed by atoms with Gasteiger partial charge in [0.1, 0.15) is 0 Å².